The first-order valence-corrected chi connectivity index (χ1v) is 4.86. The first-order valence-electron chi connectivity index (χ1n) is 4.86. The lowest BCUT2D eigenvalue weighted by molar-refractivity contribution is 0.205. The monoisotopic (exact) mass is 211 g/mol. The van der Waals surface area contributed by atoms with Crippen LogP contribution in [0.1, 0.15) is 20.8 Å². The third-order valence-corrected chi connectivity index (χ3v) is 1.86. The maximum absolute atomic E-state index is 4.98. The fourth-order valence-electron chi connectivity index (χ4n) is 0.835. The largest absolute Gasteiger partial charge is 0.501 e. The average Bonchev–Trinajstić information content (AvgIpc) is 2.16. The van der Waals surface area contributed by atoms with Crippen molar-refractivity contribution in [1.82, 2.24) is 10.4 Å². The summed E-state index contributed by atoms with van der Waals surface area (Å²) >= 11 is 0. The van der Waals surface area contributed by atoms with Crippen LogP contribution in [-0.2, 0) is 4.74 Å². The molecule has 0 spiro atoms. The first kappa shape index (κ1) is 13.7. The SMILES string of the molecule is C=C(C)NN(C)C(C)/N=C\C=C(/C)OC. The lowest BCUT2D eigenvalue weighted by Gasteiger charge is -2.22. The molecule has 0 fully saturated rings. The van der Waals surface area contributed by atoms with Crippen LogP contribution in [0.3, 0.4) is 0 Å². The van der Waals surface area contributed by atoms with Crippen LogP contribution in [0, 0.1) is 0 Å². The fourth-order valence-corrected chi connectivity index (χ4v) is 0.835. The molecule has 0 aliphatic heterocycles. The van der Waals surface area contributed by atoms with Crippen molar-refractivity contribution < 1.29 is 4.74 Å². The van der Waals surface area contributed by atoms with E-state index in [9.17, 15) is 0 Å². The summed E-state index contributed by atoms with van der Waals surface area (Å²) in [5, 5.41) is 1.88. The van der Waals surface area contributed by atoms with Crippen LogP contribution in [-0.4, -0.2) is 31.5 Å². The highest BCUT2D eigenvalue weighted by molar-refractivity contribution is 5.71. The number of hydrazine groups is 1. The van der Waals surface area contributed by atoms with E-state index in [4.69, 9.17) is 4.74 Å². The number of rotatable bonds is 6. The van der Waals surface area contributed by atoms with Crippen molar-refractivity contribution in [2.24, 2.45) is 4.99 Å². The van der Waals surface area contributed by atoms with Crippen LogP contribution in [0.2, 0.25) is 0 Å². The van der Waals surface area contributed by atoms with Crippen molar-refractivity contribution in [3.63, 3.8) is 0 Å². The number of hydrogen-bond donors (Lipinski definition) is 1. The molecule has 0 rings (SSSR count). The topological polar surface area (TPSA) is 36.9 Å². The molecule has 1 atom stereocenters. The fraction of sp³-hybridized carbons (Fsp3) is 0.545. The van der Waals surface area contributed by atoms with E-state index < -0.39 is 0 Å². The quantitative estimate of drug-likeness (QED) is 0.414. The summed E-state index contributed by atoms with van der Waals surface area (Å²) in [6.45, 7) is 9.54. The predicted molar refractivity (Wildman–Crippen MR) is 64.4 cm³/mol. The number of nitrogens with zero attached hydrogens (tertiary/aromatic N) is 2. The van der Waals surface area contributed by atoms with Crippen molar-refractivity contribution in [3.05, 3.63) is 24.1 Å². The van der Waals surface area contributed by atoms with Crippen molar-refractivity contribution in [2.45, 2.75) is 26.9 Å². The summed E-state index contributed by atoms with van der Waals surface area (Å²) in [6.07, 6.45) is 3.60. The van der Waals surface area contributed by atoms with Crippen LogP contribution in [0.4, 0.5) is 0 Å². The number of nitrogens with one attached hydrogen (secondary N) is 1. The molecule has 0 aromatic carbocycles. The van der Waals surface area contributed by atoms with E-state index in [1.165, 1.54) is 0 Å². The molecule has 0 aliphatic carbocycles. The van der Waals surface area contributed by atoms with Gasteiger partial charge >= 0.3 is 0 Å². The van der Waals surface area contributed by atoms with E-state index in [1.807, 2.05) is 38.9 Å². The molecule has 0 aromatic rings. The van der Waals surface area contributed by atoms with Gasteiger partial charge in [0.2, 0.25) is 0 Å². The summed E-state index contributed by atoms with van der Waals surface area (Å²) < 4.78 is 4.98. The Hall–Kier alpha value is -1.29. The Morgan fingerprint density at radius 3 is 2.60 bits per heavy atom. The smallest absolute Gasteiger partial charge is 0.116 e. The molecule has 0 saturated carbocycles. The zero-order valence-corrected chi connectivity index (χ0v) is 10.2. The lowest BCUT2D eigenvalue weighted by atomic mass is 10.5. The number of methoxy groups -OCH3 is 1. The zero-order valence-electron chi connectivity index (χ0n) is 10.2. The molecule has 0 heterocycles. The van der Waals surface area contributed by atoms with Crippen molar-refractivity contribution in [3.8, 4) is 0 Å². The van der Waals surface area contributed by atoms with Crippen LogP contribution in [0.25, 0.3) is 0 Å². The van der Waals surface area contributed by atoms with E-state index in [0.29, 0.717) is 0 Å². The molecule has 4 nitrogen and oxygen atoms in total. The first-order chi connectivity index (χ1) is 6.97. The summed E-state index contributed by atoms with van der Waals surface area (Å²) in [6, 6.07) is 0. The minimum absolute atomic E-state index is 0.0441. The van der Waals surface area contributed by atoms with Gasteiger partial charge in [0.1, 0.15) is 6.17 Å². The van der Waals surface area contributed by atoms with Crippen molar-refractivity contribution in [1.29, 1.82) is 0 Å². The standard InChI is InChI=1S/C11H21N3O/c1-9(2)13-14(5)11(4)12-8-7-10(3)15-6/h7-8,11,13H,1H2,2-6H3/b10-7+,12-8-. The van der Waals surface area contributed by atoms with Gasteiger partial charge in [-0.2, -0.15) is 0 Å². The highest BCUT2D eigenvalue weighted by Crippen LogP contribution is 1.96. The number of hydrogen-bond acceptors (Lipinski definition) is 4. The number of ether oxygens (including phenoxy) is 1. The second-order valence-electron chi connectivity index (χ2n) is 3.41. The Labute approximate surface area is 92.3 Å². The minimum Gasteiger partial charge on any atom is -0.501 e. The van der Waals surface area contributed by atoms with Gasteiger partial charge in [0, 0.05) is 19.0 Å². The second-order valence-corrected chi connectivity index (χ2v) is 3.41. The molecule has 4 heteroatoms. The summed E-state index contributed by atoms with van der Waals surface area (Å²) in [5.41, 5.74) is 3.96. The lowest BCUT2D eigenvalue weighted by Crippen LogP contribution is -2.38. The van der Waals surface area contributed by atoms with E-state index in [0.717, 1.165) is 11.5 Å². The second kappa shape index (κ2) is 7.06. The molecular formula is C11H21N3O. The van der Waals surface area contributed by atoms with Crippen LogP contribution in [0.5, 0.6) is 0 Å². The molecule has 0 amide bonds. The van der Waals surface area contributed by atoms with Gasteiger partial charge in [-0.25, -0.2) is 5.01 Å². The molecule has 86 valence electrons. The van der Waals surface area contributed by atoms with E-state index in [-0.39, 0.29) is 6.17 Å². The molecule has 0 aliphatic rings. The van der Waals surface area contributed by atoms with Gasteiger partial charge in [0.15, 0.2) is 0 Å². The van der Waals surface area contributed by atoms with Crippen LogP contribution in [0.15, 0.2) is 29.1 Å². The van der Waals surface area contributed by atoms with Gasteiger partial charge in [0.25, 0.3) is 0 Å². The number of allylic oxidation sites excluding steroid dienone is 3. The molecule has 0 aromatic heterocycles. The highest BCUT2D eigenvalue weighted by Gasteiger charge is 2.03. The molecule has 0 saturated heterocycles. The van der Waals surface area contributed by atoms with E-state index in [1.54, 1.807) is 13.3 Å². The number of aliphatic imine (C=N–C) groups is 1. The van der Waals surface area contributed by atoms with Gasteiger partial charge in [-0.05, 0) is 26.8 Å². The molecular weight excluding hydrogens is 190 g/mol. The summed E-state index contributed by atoms with van der Waals surface area (Å²) in [5.74, 6) is 0.835. The third-order valence-electron chi connectivity index (χ3n) is 1.86. The Kier molecular flexibility index (Phi) is 6.45. The average molecular weight is 211 g/mol. The van der Waals surface area contributed by atoms with Gasteiger partial charge in [-0.1, -0.05) is 6.58 Å². The Bertz CT molecular complexity index is 259. The minimum atomic E-state index is 0.0441. The van der Waals surface area contributed by atoms with Gasteiger partial charge in [-0.15, -0.1) is 0 Å². The normalized spacial score (nSPS) is 14.4. The summed E-state index contributed by atoms with van der Waals surface area (Å²) in [7, 11) is 3.56. The van der Waals surface area contributed by atoms with E-state index >= 15 is 0 Å². The van der Waals surface area contributed by atoms with Crippen LogP contribution < -0.4 is 5.43 Å². The Balaban J connectivity index is 4.11. The molecule has 0 radical (unpaired) electrons. The highest BCUT2D eigenvalue weighted by atomic mass is 16.5. The zero-order chi connectivity index (χ0) is 11.8. The molecule has 1 N–H and O–H groups in total. The van der Waals surface area contributed by atoms with Crippen LogP contribution >= 0.6 is 0 Å². The third kappa shape index (κ3) is 6.74. The summed E-state index contributed by atoms with van der Waals surface area (Å²) in [4.78, 5) is 4.31. The van der Waals surface area contributed by atoms with Gasteiger partial charge < -0.3 is 10.2 Å². The van der Waals surface area contributed by atoms with E-state index in [2.05, 4.69) is 17.0 Å². The van der Waals surface area contributed by atoms with Crippen molar-refractivity contribution >= 4 is 6.21 Å². The molecule has 0 bridgehead atoms. The van der Waals surface area contributed by atoms with Crippen molar-refractivity contribution in [2.75, 3.05) is 14.2 Å². The Morgan fingerprint density at radius 2 is 2.13 bits per heavy atom. The maximum Gasteiger partial charge on any atom is 0.116 e. The maximum atomic E-state index is 4.98. The Morgan fingerprint density at radius 1 is 1.53 bits per heavy atom. The van der Waals surface area contributed by atoms with Gasteiger partial charge in [-0.3, -0.25) is 4.99 Å². The molecule has 1 unspecified atom stereocenters. The predicted octanol–water partition coefficient (Wildman–Crippen LogP) is 1.92. The molecule has 15 heavy (non-hydrogen) atoms. The van der Waals surface area contributed by atoms with Gasteiger partial charge in [0.05, 0.1) is 12.9 Å².